The first-order valence-corrected chi connectivity index (χ1v) is 8.38. The molecule has 2 heterocycles. The minimum Gasteiger partial charge on any atom is -0.478 e. The van der Waals surface area contributed by atoms with Crippen LogP contribution in [0.4, 0.5) is 0 Å². The monoisotopic (exact) mass is 308 g/mol. The van der Waals surface area contributed by atoms with Crippen molar-refractivity contribution in [2.24, 2.45) is 0 Å². The smallest absolute Gasteiger partial charge is 0.335 e. The molecule has 0 fully saturated rings. The van der Waals surface area contributed by atoms with Gasteiger partial charge < -0.3 is 10.1 Å². The molecule has 6 nitrogen and oxygen atoms in total. The van der Waals surface area contributed by atoms with Gasteiger partial charge in [-0.1, -0.05) is 0 Å². The van der Waals surface area contributed by atoms with E-state index < -0.39 is 16.0 Å². The van der Waals surface area contributed by atoms with E-state index >= 15 is 0 Å². The highest BCUT2D eigenvalue weighted by Gasteiger charge is 2.27. The Morgan fingerprint density at radius 1 is 1.43 bits per heavy atom. The molecule has 1 aromatic heterocycles. The van der Waals surface area contributed by atoms with Gasteiger partial charge in [-0.3, -0.25) is 0 Å². The van der Waals surface area contributed by atoms with E-state index in [1.54, 1.807) is 25.1 Å². The quantitative estimate of drug-likeness (QED) is 0.900. The second kappa shape index (κ2) is 4.85. The second-order valence-electron chi connectivity index (χ2n) is 5.13. The first-order chi connectivity index (χ1) is 9.92. The van der Waals surface area contributed by atoms with Crippen LogP contribution in [-0.2, 0) is 23.0 Å². The molecule has 0 saturated heterocycles. The third-order valence-electron chi connectivity index (χ3n) is 3.95. The number of nitrogens with zero attached hydrogens (tertiary/aromatic N) is 1. The number of sulfonamides is 1. The lowest BCUT2D eigenvalue weighted by molar-refractivity contribution is 0.0697. The first-order valence-electron chi connectivity index (χ1n) is 6.77. The molecule has 0 radical (unpaired) electrons. The van der Waals surface area contributed by atoms with Crippen LogP contribution < -0.4 is 0 Å². The number of aromatic carboxylic acids is 1. The number of rotatable bonds is 3. The average Bonchev–Trinajstić information content (AvgIpc) is 2.83. The molecule has 0 bridgehead atoms. The summed E-state index contributed by atoms with van der Waals surface area (Å²) in [7, 11) is -3.23. The lowest BCUT2D eigenvalue weighted by Gasteiger charge is -2.25. The zero-order valence-corrected chi connectivity index (χ0v) is 12.4. The number of aromatic nitrogens is 1. The van der Waals surface area contributed by atoms with Gasteiger partial charge >= 0.3 is 5.97 Å². The Morgan fingerprint density at radius 2 is 2.19 bits per heavy atom. The largest absolute Gasteiger partial charge is 0.478 e. The van der Waals surface area contributed by atoms with Crippen molar-refractivity contribution < 1.29 is 18.3 Å². The maximum atomic E-state index is 12.0. The Kier molecular flexibility index (Phi) is 3.26. The topological polar surface area (TPSA) is 90.5 Å². The molecule has 0 saturated carbocycles. The summed E-state index contributed by atoms with van der Waals surface area (Å²) in [6, 6.07) is 4.89. The van der Waals surface area contributed by atoms with Gasteiger partial charge in [0.15, 0.2) is 0 Å². The van der Waals surface area contributed by atoms with Crippen molar-refractivity contribution in [3.05, 3.63) is 35.0 Å². The summed E-state index contributed by atoms with van der Waals surface area (Å²) < 4.78 is 25.5. The summed E-state index contributed by atoms with van der Waals surface area (Å²) in [4.78, 5) is 14.3. The molecule has 0 spiro atoms. The van der Waals surface area contributed by atoms with Gasteiger partial charge in [-0.15, -0.1) is 0 Å². The van der Waals surface area contributed by atoms with E-state index in [1.165, 1.54) is 4.31 Å². The van der Waals surface area contributed by atoms with Crippen LogP contribution in [0.25, 0.3) is 10.9 Å². The minimum atomic E-state index is -3.23. The van der Waals surface area contributed by atoms with Crippen molar-refractivity contribution >= 4 is 26.9 Å². The van der Waals surface area contributed by atoms with Crippen molar-refractivity contribution in [2.75, 3.05) is 12.3 Å². The van der Waals surface area contributed by atoms with Crippen LogP contribution in [0.1, 0.15) is 28.5 Å². The molecule has 0 atom stereocenters. The third-order valence-corrected chi connectivity index (χ3v) is 5.77. The molecular formula is C14H16N2O4S. The van der Waals surface area contributed by atoms with Gasteiger partial charge in [0.1, 0.15) is 0 Å². The number of carboxylic acids is 1. The molecule has 1 aromatic carbocycles. The molecule has 0 amide bonds. The molecule has 112 valence electrons. The van der Waals surface area contributed by atoms with E-state index in [4.69, 9.17) is 5.11 Å². The third kappa shape index (κ3) is 2.32. The normalized spacial score (nSPS) is 16.0. The summed E-state index contributed by atoms with van der Waals surface area (Å²) in [5.41, 5.74) is 2.94. The number of hydrogen-bond acceptors (Lipinski definition) is 3. The van der Waals surface area contributed by atoms with Crippen molar-refractivity contribution in [3.63, 3.8) is 0 Å². The summed E-state index contributed by atoms with van der Waals surface area (Å²) >= 11 is 0. The van der Waals surface area contributed by atoms with E-state index in [1.807, 2.05) is 0 Å². The molecule has 0 aliphatic carbocycles. The number of nitrogens with one attached hydrogen (secondary N) is 1. The maximum Gasteiger partial charge on any atom is 0.335 e. The maximum absolute atomic E-state index is 12.0. The molecule has 1 aliphatic heterocycles. The fourth-order valence-electron chi connectivity index (χ4n) is 2.74. The van der Waals surface area contributed by atoms with Crippen LogP contribution in [-0.4, -0.2) is 41.1 Å². The molecule has 21 heavy (non-hydrogen) atoms. The number of carboxylic acid groups (broad SMARTS) is 1. The van der Waals surface area contributed by atoms with Crippen LogP contribution in [0, 0.1) is 0 Å². The molecular weight excluding hydrogens is 292 g/mol. The van der Waals surface area contributed by atoms with Gasteiger partial charge in [0.05, 0.1) is 11.3 Å². The molecule has 0 unspecified atom stereocenters. The zero-order valence-electron chi connectivity index (χ0n) is 11.6. The molecule has 3 rings (SSSR count). The Hall–Kier alpha value is -1.86. The number of aromatic amines is 1. The highest BCUT2D eigenvalue weighted by Crippen LogP contribution is 2.29. The molecule has 2 N–H and O–H groups in total. The van der Waals surface area contributed by atoms with Crippen LogP contribution >= 0.6 is 0 Å². The zero-order chi connectivity index (χ0) is 15.2. The second-order valence-corrected chi connectivity index (χ2v) is 7.39. The van der Waals surface area contributed by atoms with Gasteiger partial charge in [-0.05, 0) is 30.7 Å². The van der Waals surface area contributed by atoms with Gasteiger partial charge in [0, 0.05) is 36.1 Å². The molecule has 2 aromatic rings. The first kappa shape index (κ1) is 14.1. The van der Waals surface area contributed by atoms with E-state index in [2.05, 4.69) is 4.98 Å². The number of hydrogen-bond donors (Lipinski definition) is 2. The number of carbonyl (C=O) groups is 1. The fourth-order valence-corrected chi connectivity index (χ4v) is 3.80. The van der Waals surface area contributed by atoms with E-state index in [9.17, 15) is 13.2 Å². The highest BCUT2D eigenvalue weighted by molar-refractivity contribution is 7.89. The summed E-state index contributed by atoms with van der Waals surface area (Å²) in [5.74, 6) is -0.911. The van der Waals surface area contributed by atoms with Crippen molar-refractivity contribution in [2.45, 2.75) is 19.9 Å². The minimum absolute atomic E-state index is 0.0745. The van der Waals surface area contributed by atoms with Crippen LogP contribution in [0.3, 0.4) is 0 Å². The van der Waals surface area contributed by atoms with Gasteiger partial charge in [-0.25, -0.2) is 13.2 Å². The summed E-state index contributed by atoms with van der Waals surface area (Å²) in [6.07, 6.45) is 0.617. The van der Waals surface area contributed by atoms with Crippen LogP contribution in [0.15, 0.2) is 18.2 Å². The van der Waals surface area contributed by atoms with Crippen molar-refractivity contribution in [1.82, 2.24) is 9.29 Å². The van der Waals surface area contributed by atoms with Crippen LogP contribution in [0.2, 0.25) is 0 Å². The predicted molar refractivity (Wildman–Crippen MR) is 78.8 cm³/mol. The van der Waals surface area contributed by atoms with Crippen molar-refractivity contribution in [1.29, 1.82) is 0 Å². The van der Waals surface area contributed by atoms with Gasteiger partial charge in [-0.2, -0.15) is 4.31 Å². The standard InChI is InChI=1S/C14H16N2O4S/c1-2-21(19,20)16-6-5-13-11(8-16)10-7-9(14(17)18)3-4-12(10)15-13/h3-4,7,15H,2,5-6,8H2,1H3,(H,17,18). The molecule has 7 heteroatoms. The van der Waals surface area contributed by atoms with Crippen LogP contribution in [0.5, 0.6) is 0 Å². The Labute approximate surface area is 122 Å². The predicted octanol–water partition coefficient (Wildman–Crippen LogP) is 1.57. The Balaban J connectivity index is 2.09. The SMILES string of the molecule is CCS(=O)(=O)N1CCc2[nH]c3ccc(C(=O)O)cc3c2C1. The summed E-state index contributed by atoms with van der Waals surface area (Å²) in [5, 5.41) is 9.88. The lowest BCUT2D eigenvalue weighted by Crippen LogP contribution is -2.36. The number of H-pyrrole nitrogens is 1. The Bertz CT molecular complexity index is 823. The van der Waals surface area contributed by atoms with Gasteiger partial charge in [0.2, 0.25) is 10.0 Å². The van der Waals surface area contributed by atoms with E-state index in [0.717, 1.165) is 22.2 Å². The van der Waals surface area contributed by atoms with Crippen molar-refractivity contribution in [3.8, 4) is 0 Å². The highest BCUT2D eigenvalue weighted by atomic mass is 32.2. The number of fused-ring (bicyclic) bond motifs is 3. The Morgan fingerprint density at radius 3 is 2.86 bits per heavy atom. The van der Waals surface area contributed by atoms with E-state index in [-0.39, 0.29) is 11.3 Å². The van der Waals surface area contributed by atoms with Gasteiger partial charge in [0.25, 0.3) is 0 Å². The molecule has 1 aliphatic rings. The lowest BCUT2D eigenvalue weighted by atomic mass is 10.0. The number of benzene rings is 1. The average molecular weight is 308 g/mol. The summed E-state index contributed by atoms with van der Waals surface area (Å²) in [6.45, 7) is 2.39. The van der Waals surface area contributed by atoms with E-state index in [0.29, 0.717) is 19.5 Å². The fraction of sp³-hybridized carbons (Fsp3) is 0.357.